The van der Waals surface area contributed by atoms with Crippen LogP contribution in [0.2, 0.25) is 10.0 Å². The van der Waals surface area contributed by atoms with Crippen LogP contribution in [0.15, 0.2) is 29.4 Å². The van der Waals surface area contributed by atoms with Crippen LogP contribution in [0.1, 0.15) is 11.4 Å². The molecule has 0 saturated heterocycles. The Labute approximate surface area is 148 Å². The number of benzene rings is 1. The van der Waals surface area contributed by atoms with Gasteiger partial charge in [-0.15, -0.1) is 0 Å². The highest BCUT2D eigenvalue weighted by Gasteiger charge is 2.07. The number of amides is 1. The van der Waals surface area contributed by atoms with Gasteiger partial charge in [-0.2, -0.15) is 0 Å². The number of aromatic nitrogens is 2. The van der Waals surface area contributed by atoms with E-state index in [1.54, 1.807) is 18.2 Å². The number of carbonyl (C=O) groups excluding carboxylic acids is 1. The molecule has 0 unspecified atom stereocenters. The first-order valence-electron chi connectivity index (χ1n) is 6.73. The van der Waals surface area contributed by atoms with Crippen molar-refractivity contribution in [2.45, 2.75) is 19.0 Å². The van der Waals surface area contributed by atoms with Crippen LogP contribution in [0, 0.1) is 13.8 Å². The molecule has 0 radical (unpaired) electrons. The van der Waals surface area contributed by atoms with Gasteiger partial charge >= 0.3 is 0 Å². The Morgan fingerprint density at radius 2 is 1.91 bits per heavy atom. The fourth-order valence-corrected chi connectivity index (χ4v) is 2.97. The van der Waals surface area contributed by atoms with Crippen LogP contribution in [0.3, 0.4) is 0 Å². The fraction of sp³-hybridized carbons (Fsp3) is 0.267. The number of thioether (sulfide) groups is 1. The van der Waals surface area contributed by atoms with Crippen molar-refractivity contribution in [1.82, 2.24) is 15.3 Å². The molecular weight excluding hydrogens is 357 g/mol. The molecule has 0 aliphatic heterocycles. The Morgan fingerprint density at radius 1 is 1.22 bits per heavy atom. The number of nitrogens with zero attached hydrogens (tertiary/aromatic N) is 2. The van der Waals surface area contributed by atoms with E-state index < -0.39 is 0 Å². The Balaban J connectivity index is 1.77. The Kier molecular flexibility index (Phi) is 6.50. The summed E-state index contributed by atoms with van der Waals surface area (Å²) < 4.78 is 5.35. The summed E-state index contributed by atoms with van der Waals surface area (Å²) in [6, 6.07) is 6.72. The first kappa shape index (κ1) is 17.8. The Morgan fingerprint density at radius 3 is 2.57 bits per heavy atom. The molecule has 2 aromatic rings. The zero-order chi connectivity index (χ0) is 16.8. The van der Waals surface area contributed by atoms with E-state index in [-0.39, 0.29) is 12.5 Å². The lowest BCUT2D eigenvalue weighted by molar-refractivity contribution is -0.122. The van der Waals surface area contributed by atoms with Crippen LogP contribution in [-0.4, -0.2) is 28.4 Å². The highest BCUT2D eigenvalue weighted by atomic mass is 35.5. The lowest BCUT2D eigenvalue weighted by atomic mass is 10.3. The molecule has 0 aliphatic carbocycles. The Bertz CT molecular complexity index is 693. The lowest BCUT2D eigenvalue weighted by Gasteiger charge is -2.09. The molecule has 122 valence electrons. The van der Waals surface area contributed by atoms with Crippen LogP contribution in [0.4, 0.5) is 0 Å². The maximum absolute atomic E-state index is 11.8. The molecule has 0 aliphatic rings. The van der Waals surface area contributed by atoms with E-state index in [1.165, 1.54) is 11.8 Å². The molecule has 1 amide bonds. The van der Waals surface area contributed by atoms with Gasteiger partial charge in [0.15, 0.2) is 11.8 Å². The van der Waals surface area contributed by atoms with Crippen LogP contribution in [0.25, 0.3) is 0 Å². The van der Waals surface area contributed by atoms with Crippen molar-refractivity contribution in [3.63, 3.8) is 0 Å². The smallest absolute Gasteiger partial charge is 0.258 e. The number of ether oxygens (including phenoxy) is 1. The third-order valence-electron chi connectivity index (χ3n) is 2.69. The molecule has 1 heterocycles. The molecule has 0 atom stereocenters. The molecule has 1 aromatic heterocycles. The van der Waals surface area contributed by atoms with E-state index in [9.17, 15) is 4.79 Å². The van der Waals surface area contributed by atoms with Gasteiger partial charge in [0.25, 0.3) is 5.91 Å². The molecular formula is C15H15Cl2N3O2S. The maximum Gasteiger partial charge on any atom is 0.258 e. The van der Waals surface area contributed by atoms with E-state index in [0.717, 1.165) is 11.4 Å². The van der Waals surface area contributed by atoms with Crippen LogP contribution in [0.5, 0.6) is 5.75 Å². The van der Waals surface area contributed by atoms with Crippen molar-refractivity contribution in [3.8, 4) is 5.75 Å². The number of nitrogens with one attached hydrogen (secondary N) is 1. The van der Waals surface area contributed by atoms with E-state index in [0.29, 0.717) is 26.8 Å². The molecule has 0 fully saturated rings. The second-order valence-electron chi connectivity index (χ2n) is 4.69. The topological polar surface area (TPSA) is 64.1 Å². The highest BCUT2D eigenvalue weighted by molar-refractivity contribution is 7.99. The molecule has 1 aromatic carbocycles. The molecule has 0 bridgehead atoms. The molecule has 0 spiro atoms. The van der Waals surface area contributed by atoms with Gasteiger partial charge in [-0.25, -0.2) is 9.97 Å². The quantitative estimate of drug-likeness (QED) is 0.477. The van der Waals surface area contributed by atoms with E-state index in [4.69, 9.17) is 27.9 Å². The van der Waals surface area contributed by atoms with Crippen molar-refractivity contribution < 1.29 is 9.53 Å². The number of hydrogen-bond donors (Lipinski definition) is 1. The van der Waals surface area contributed by atoms with Crippen molar-refractivity contribution in [2.75, 3.05) is 12.5 Å². The van der Waals surface area contributed by atoms with Gasteiger partial charge in [-0.3, -0.25) is 4.79 Å². The lowest BCUT2D eigenvalue weighted by Crippen LogP contribution is -2.28. The number of rotatable bonds is 6. The monoisotopic (exact) mass is 371 g/mol. The summed E-state index contributed by atoms with van der Waals surface area (Å²) in [5.74, 6) is 0.517. The molecule has 0 saturated carbocycles. The average Bonchev–Trinajstić information content (AvgIpc) is 2.45. The highest BCUT2D eigenvalue weighted by Crippen LogP contribution is 2.27. The zero-order valence-corrected chi connectivity index (χ0v) is 14.9. The van der Waals surface area contributed by atoms with Gasteiger partial charge in [0, 0.05) is 16.4 Å². The molecule has 8 heteroatoms. The van der Waals surface area contributed by atoms with Crippen molar-refractivity contribution >= 4 is 40.9 Å². The van der Waals surface area contributed by atoms with Crippen molar-refractivity contribution in [1.29, 1.82) is 0 Å². The summed E-state index contributed by atoms with van der Waals surface area (Å²) in [5, 5.41) is 4.23. The first-order chi connectivity index (χ1) is 10.9. The molecule has 1 N–H and O–H groups in total. The van der Waals surface area contributed by atoms with Gasteiger partial charge < -0.3 is 10.1 Å². The van der Waals surface area contributed by atoms with Gasteiger partial charge in [0.2, 0.25) is 0 Å². The third kappa shape index (κ3) is 5.89. The second kappa shape index (κ2) is 8.38. The predicted octanol–water partition coefficient (Wildman–Crippen LogP) is 3.65. The fourth-order valence-electron chi connectivity index (χ4n) is 1.73. The third-order valence-corrected chi connectivity index (χ3v) is 3.94. The minimum Gasteiger partial charge on any atom is -0.482 e. The molecule has 23 heavy (non-hydrogen) atoms. The van der Waals surface area contributed by atoms with Crippen molar-refractivity contribution in [3.05, 3.63) is 45.7 Å². The predicted molar refractivity (Wildman–Crippen MR) is 92.3 cm³/mol. The summed E-state index contributed by atoms with van der Waals surface area (Å²) >= 11 is 13.1. The summed E-state index contributed by atoms with van der Waals surface area (Å²) in [6.07, 6.45) is 0. The van der Waals surface area contributed by atoms with Gasteiger partial charge in [0.1, 0.15) is 5.75 Å². The summed E-state index contributed by atoms with van der Waals surface area (Å²) in [5.41, 5.74) is 1.79. The van der Waals surface area contributed by atoms with Gasteiger partial charge in [-0.05, 0) is 38.1 Å². The molecule has 5 nitrogen and oxygen atoms in total. The summed E-state index contributed by atoms with van der Waals surface area (Å²) in [6.45, 7) is 3.68. The van der Waals surface area contributed by atoms with Gasteiger partial charge in [-0.1, -0.05) is 35.0 Å². The number of carbonyl (C=O) groups is 1. The normalized spacial score (nSPS) is 10.4. The number of halogens is 2. The average molecular weight is 372 g/mol. The van der Waals surface area contributed by atoms with Crippen LogP contribution < -0.4 is 10.1 Å². The minimum absolute atomic E-state index is 0.129. The Hall–Kier alpha value is -1.50. The van der Waals surface area contributed by atoms with E-state index >= 15 is 0 Å². The van der Waals surface area contributed by atoms with Crippen LogP contribution >= 0.6 is 35.0 Å². The van der Waals surface area contributed by atoms with Crippen LogP contribution in [-0.2, 0) is 4.79 Å². The molecule has 2 rings (SSSR count). The number of aryl methyl sites for hydroxylation is 2. The largest absolute Gasteiger partial charge is 0.482 e. The SMILES string of the molecule is Cc1cc(C)nc(SCNC(=O)COc2ccc(Cl)cc2Cl)n1. The van der Waals surface area contributed by atoms with Gasteiger partial charge in [0.05, 0.1) is 10.9 Å². The minimum atomic E-state index is -0.257. The zero-order valence-electron chi connectivity index (χ0n) is 12.6. The summed E-state index contributed by atoms with van der Waals surface area (Å²) in [4.78, 5) is 20.3. The standard InChI is InChI=1S/C15H15Cl2N3O2S/c1-9-5-10(2)20-15(19-9)23-8-18-14(21)7-22-13-4-3-11(16)6-12(13)17/h3-6H,7-8H2,1-2H3,(H,18,21). The first-order valence-corrected chi connectivity index (χ1v) is 8.48. The van der Waals surface area contributed by atoms with Crippen molar-refractivity contribution in [2.24, 2.45) is 0 Å². The van der Waals surface area contributed by atoms with E-state index in [2.05, 4.69) is 15.3 Å². The maximum atomic E-state index is 11.8. The second-order valence-corrected chi connectivity index (χ2v) is 6.47. The number of hydrogen-bond acceptors (Lipinski definition) is 5. The summed E-state index contributed by atoms with van der Waals surface area (Å²) in [7, 11) is 0. The van der Waals surface area contributed by atoms with E-state index in [1.807, 2.05) is 19.9 Å².